The fourth-order valence-electron chi connectivity index (χ4n) is 2.89. The van der Waals surface area contributed by atoms with Crippen LogP contribution in [-0.2, 0) is 32.0 Å². The molecule has 33 heavy (non-hydrogen) atoms. The van der Waals surface area contributed by atoms with Crippen LogP contribution in [0.3, 0.4) is 0 Å². The number of phenols is 1. The molecule has 2 rings (SSSR count). The number of carboxylic acids is 1. The first kappa shape index (κ1) is 25.7. The minimum absolute atomic E-state index is 0.00161. The zero-order chi connectivity index (χ0) is 24.4. The SMILES string of the molecule is NCC(=O)NC(CS)C(=O)NC(Cc1ccc(O)cc1)C(=O)NC(Cc1cnc[nH]1)C(=O)O. The summed E-state index contributed by atoms with van der Waals surface area (Å²) in [6.45, 7) is -0.330. The molecule has 3 unspecified atom stereocenters. The summed E-state index contributed by atoms with van der Waals surface area (Å²) in [5.74, 6) is -3.31. The number of benzene rings is 1. The molecular formula is C20H26N6O6S. The molecule has 12 nitrogen and oxygen atoms in total. The van der Waals surface area contributed by atoms with Crippen molar-refractivity contribution in [1.29, 1.82) is 0 Å². The summed E-state index contributed by atoms with van der Waals surface area (Å²) in [7, 11) is 0. The molecule has 3 amide bonds. The van der Waals surface area contributed by atoms with Crippen LogP contribution < -0.4 is 21.7 Å². The van der Waals surface area contributed by atoms with E-state index in [4.69, 9.17) is 5.73 Å². The average molecular weight is 479 g/mol. The van der Waals surface area contributed by atoms with Gasteiger partial charge in [0.2, 0.25) is 17.7 Å². The minimum atomic E-state index is -1.28. The molecule has 2 aromatic rings. The van der Waals surface area contributed by atoms with Crippen LogP contribution >= 0.6 is 12.6 Å². The highest BCUT2D eigenvalue weighted by Gasteiger charge is 2.29. The highest BCUT2D eigenvalue weighted by molar-refractivity contribution is 7.80. The molecule has 0 aliphatic heterocycles. The number of carboxylic acid groups (broad SMARTS) is 1. The summed E-state index contributed by atoms with van der Waals surface area (Å²) < 4.78 is 0. The largest absolute Gasteiger partial charge is 0.508 e. The lowest BCUT2D eigenvalue weighted by Crippen LogP contribution is -2.57. The second kappa shape index (κ2) is 12.5. The van der Waals surface area contributed by atoms with Gasteiger partial charge in [0.1, 0.15) is 23.9 Å². The Balaban J connectivity index is 2.19. The van der Waals surface area contributed by atoms with E-state index < -0.39 is 41.8 Å². The van der Waals surface area contributed by atoms with Crippen LogP contribution in [0.4, 0.5) is 0 Å². The molecule has 0 saturated heterocycles. The maximum Gasteiger partial charge on any atom is 0.326 e. The number of carbonyl (C=O) groups excluding carboxylic acids is 3. The van der Waals surface area contributed by atoms with Gasteiger partial charge in [0.25, 0.3) is 0 Å². The Labute approximate surface area is 194 Å². The number of hydrogen-bond acceptors (Lipinski definition) is 8. The van der Waals surface area contributed by atoms with Crippen LogP contribution in [0.2, 0.25) is 0 Å². The van der Waals surface area contributed by atoms with Gasteiger partial charge in [-0.3, -0.25) is 14.4 Å². The first-order valence-corrected chi connectivity index (χ1v) is 10.6. The predicted octanol–water partition coefficient (Wildman–Crippen LogP) is -1.67. The number of nitrogens with zero attached hydrogens (tertiary/aromatic N) is 1. The van der Waals surface area contributed by atoms with E-state index in [1.807, 2.05) is 0 Å². The van der Waals surface area contributed by atoms with Gasteiger partial charge in [0, 0.05) is 30.5 Å². The molecule has 178 valence electrons. The zero-order valence-electron chi connectivity index (χ0n) is 17.5. The van der Waals surface area contributed by atoms with Crippen molar-refractivity contribution >= 4 is 36.3 Å². The van der Waals surface area contributed by atoms with Crippen molar-refractivity contribution in [3.05, 3.63) is 48.0 Å². The number of nitrogens with two attached hydrogens (primary N) is 1. The Bertz CT molecular complexity index is 952. The number of amides is 3. The maximum absolute atomic E-state index is 13.0. The molecule has 1 aromatic heterocycles. The van der Waals surface area contributed by atoms with E-state index in [2.05, 4.69) is 38.5 Å². The number of aromatic nitrogens is 2. The molecule has 0 saturated carbocycles. The van der Waals surface area contributed by atoms with Crippen LogP contribution in [0.15, 0.2) is 36.8 Å². The van der Waals surface area contributed by atoms with E-state index in [9.17, 15) is 29.4 Å². The second-order valence-electron chi connectivity index (χ2n) is 7.12. The summed E-state index contributed by atoms with van der Waals surface area (Å²) in [5.41, 5.74) is 6.36. The third kappa shape index (κ3) is 8.12. The Hall–Kier alpha value is -3.58. The van der Waals surface area contributed by atoms with Crippen LogP contribution in [0.1, 0.15) is 11.3 Å². The van der Waals surface area contributed by atoms with Crippen LogP contribution in [0.5, 0.6) is 5.75 Å². The highest BCUT2D eigenvalue weighted by Crippen LogP contribution is 2.12. The second-order valence-corrected chi connectivity index (χ2v) is 7.48. The highest BCUT2D eigenvalue weighted by atomic mass is 32.1. The molecule has 13 heteroatoms. The number of carbonyl (C=O) groups is 4. The average Bonchev–Trinajstić information content (AvgIpc) is 3.30. The number of aromatic amines is 1. The van der Waals surface area contributed by atoms with E-state index in [0.29, 0.717) is 11.3 Å². The molecule has 0 radical (unpaired) electrons. The van der Waals surface area contributed by atoms with Crippen molar-refractivity contribution in [2.45, 2.75) is 31.0 Å². The lowest BCUT2D eigenvalue weighted by molar-refractivity contribution is -0.142. The van der Waals surface area contributed by atoms with Crippen molar-refractivity contribution in [3.63, 3.8) is 0 Å². The fourth-order valence-corrected chi connectivity index (χ4v) is 3.14. The number of hydrogen-bond donors (Lipinski definition) is 8. The third-order valence-corrected chi connectivity index (χ3v) is 4.99. The fraction of sp³-hybridized carbons (Fsp3) is 0.350. The standard InChI is InChI=1S/C20H26N6O6S/c21-7-17(28)24-16(9-33)19(30)25-14(5-11-1-3-13(27)4-2-11)18(29)26-15(20(31)32)6-12-8-22-10-23-12/h1-4,8,10,14-16,27,33H,5-7,9,21H2,(H,22,23)(H,24,28)(H,25,30)(H,26,29)(H,31,32). The van der Waals surface area contributed by atoms with Crippen molar-refractivity contribution in [2.75, 3.05) is 12.3 Å². The molecule has 8 N–H and O–H groups in total. The Morgan fingerprint density at radius 3 is 2.18 bits per heavy atom. The first-order valence-electron chi connectivity index (χ1n) is 9.92. The number of H-pyrrole nitrogens is 1. The van der Waals surface area contributed by atoms with Crippen LogP contribution in [0, 0.1) is 0 Å². The maximum atomic E-state index is 13.0. The van der Waals surface area contributed by atoms with E-state index in [1.165, 1.54) is 24.7 Å². The summed E-state index contributed by atoms with van der Waals surface area (Å²) in [5, 5.41) is 26.4. The molecule has 0 aliphatic carbocycles. The van der Waals surface area contributed by atoms with Gasteiger partial charge >= 0.3 is 5.97 Å². The Morgan fingerprint density at radius 2 is 1.64 bits per heavy atom. The Kier molecular flexibility index (Phi) is 9.69. The number of imidazole rings is 1. The van der Waals surface area contributed by atoms with E-state index in [0.717, 1.165) is 0 Å². The van der Waals surface area contributed by atoms with Gasteiger partial charge in [-0.15, -0.1) is 0 Å². The Morgan fingerprint density at radius 1 is 1.00 bits per heavy atom. The molecule has 0 spiro atoms. The normalized spacial score (nSPS) is 13.4. The van der Waals surface area contributed by atoms with E-state index in [1.54, 1.807) is 12.1 Å². The monoisotopic (exact) mass is 478 g/mol. The molecule has 0 aliphatic rings. The quantitative estimate of drug-likeness (QED) is 0.165. The van der Waals surface area contributed by atoms with Gasteiger partial charge in [-0.25, -0.2) is 9.78 Å². The van der Waals surface area contributed by atoms with Gasteiger partial charge in [-0.2, -0.15) is 12.6 Å². The zero-order valence-corrected chi connectivity index (χ0v) is 18.4. The predicted molar refractivity (Wildman–Crippen MR) is 120 cm³/mol. The number of phenolic OH excluding ortho intramolecular Hbond substituents is 1. The number of thiol groups is 1. The lowest BCUT2D eigenvalue weighted by atomic mass is 10.0. The third-order valence-electron chi connectivity index (χ3n) is 4.62. The van der Waals surface area contributed by atoms with Gasteiger partial charge in [-0.1, -0.05) is 12.1 Å². The topological polar surface area (TPSA) is 200 Å². The molecule has 1 aromatic carbocycles. The molecule has 0 bridgehead atoms. The van der Waals surface area contributed by atoms with Gasteiger partial charge < -0.3 is 36.9 Å². The molecular weight excluding hydrogens is 452 g/mol. The van der Waals surface area contributed by atoms with Crippen molar-refractivity contribution < 1.29 is 29.4 Å². The molecule has 3 atom stereocenters. The molecule has 1 heterocycles. The summed E-state index contributed by atoms with van der Waals surface area (Å²) in [4.78, 5) is 55.5. The van der Waals surface area contributed by atoms with Crippen molar-refractivity contribution in [2.24, 2.45) is 5.73 Å². The van der Waals surface area contributed by atoms with Gasteiger partial charge in [0.05, 0.1) is 12.9 Å². The van der Waals surface area contributed by atoms with Gasteiger partial charge in [-0.05, 0) is 17.7 Å². The van der Waals surface area contributed by atoms with Crippen molar-refractivity contribution in [3.8, 4) is 5.75 Å². The summed E-state index contributed by atoms with van der Waals surface area (Å²) in [6.07, 6.45) is 2.78. The molecule has 0 fully saturated rings. The summed E-state index contributed by atoms with van der Waals surface area (Å²) in [6, 6.07) is 2.45. The first-order chi connectivity index (χ1) is 15.7. The number of nitrogens with one attached hydrogen (secondary N) is 4. The lowest BCUT2D eigenvalue weighted by Gasteiger charge is -2.24. The number of aliphatic carboxylic acids is 1. The van der Waals surface area contributed by atoms with Crippen molar-refractivity contribution in [1.82, 2.24) is 25.9 Å². The van der Waals surface area contributed by atoms with Crippen LogP contribution in [-0.4, -0.2) is 74.3 Å². The van der Waals surface area contributed by atoms with Crippen LogP contribution in [0.25, 0.3) is 0 Å². The van der Waals surface area contributed by atoms with Gasteiger partial charge in [0.15, 0.2) is 0 Å². The number of aromatic hydroxyl groups is 1. The smallest absolute Gasteiger partial charge is 0.326 e. The minimum Gasteiger partial charge on any atom is -0.508 e. The number of rotatable bonds is 12. The van der Waals surface area contributed by atoms with E-state index >= 15 is 0 Å². The summed E-state index contributed by atoms with van der Waals surface area (Å²) >= 11 is 4.05. The van der Waals surface area contributed by atoms with E-state index in [-0.39, 0.29) is 30.9 Å².